The Morgan fingerprint density at radius 3 is 2.86 bits per heavy atom. The average Bonchev–Trinajstić information content (AvgIpc) is 3.12. The van der Waals surface area contributed by atoms with Crippen molar-refractivity contribution in [3.05, 3.63) is 53.9 Å². The molecule has 0 saturated carbocycles. The average molecular weight is 379 g/mol. The first-order chi connectivity index (χ1) is 13.6. The van der Waals surface area contributed by atoms with Gasteiger partial charge in [-0.05, 0) is 36.8 Å². The number of fused-ring (bicyclic) bond motifs is 1. The van der Waals surface area contributed by atoms with Crippen LogP contribution in [0.15, 0.2) is 42.6 Å². The molecule has 7 heteroatoms. The van der Waals surface area contributed by atoms with E-state index in [-0.39, 0.29) is 5.91 Å². The number of amides is 1. The summed E-state index contributed by atoms with van der Waals surface area (Å²) < 4.78 is 8.04. The molecule has 28 heavy (non-hydrogen) atoms. The second-order valence-corrected chi connectivity index (χ2v) is 7.02. The molecule has 7 nitrogen and oxygen atoms in total. The lowest BCUT2D eigenvalue weighted by molar-refractivity contribution is -0.132. The van der Waals surface area contributed by atoms with Crippen molar-refractivity contribution in [3.63, 3.8) is 0 Å². The first-order valence-corrected chi connectivity index (χ1v) is 9.56. The minimum absolute atomic E-state index is 0.137. The highest BCUT2D eigenvalue weighted by atomic mass is 16.5. The third-order valence-electron chi connectivity index (χ3n) is 4.99. The number of hydrogen-bond acceptors (Lipinski definition) is 5. The van der Waals surface area contributed by atoms with Gasteiger partial charge >= 0.3 is 0 Å². The van der Waals surface area contributed by atoms with E-state index in [1.165, 1.54) is 0 Å². The first kappa shape index (κ1) is 18.5. The summed E-state index contributed by atoms with van der Waals surface area (Å²) in [7, 11) is 0. The monoisotopic (exact) mass is 379 g/mol. The van der Waals surface area contributed by atoms with Crippen molar-refractivity contribution in [1.82, 2.24) is 19.8 Å². The summed E-state index contributed by atoms with van der Waals surface area (Å²) in [6.45, 7) is 5.91. The molecule has 0 aliphatic carbocycles. The van der Waals surface area contributed by atoms with Crippen molar-refractivity contribution in [2.24, 2.45) is 5.73 Å². The van der Waals surface area contributed by atoms with E-state index in [1.807, 2.05) is 59.0 Å². The zero-order valence-corrected chi connectivity index (χ0v) is 16.0. The molecule has 0 radical (unpaired) electrons. The van der Waals surface area contributed by atoms with Crippen LogP contribution in [0.3, 0.4) is 0 Å². The molecule has 0 atom stereocenters. The topological polar surface area (TPSA) is 85.4 Å². The van der Waals surface area contributed by atoms with Gasteiger partial charge in [0.15, 0.2) is 0 Å². The highest BCUT2D eigenvalue weighted by Gasteiger charge is 2.17. The second-order valence-electron chi connectivity index (χ2n) is 7.02. The van der Waals surface area contributed by atoms with Gasteiger partial charge in [0.25, 0.3) is 0 Å². The number of carbonyl (C=O) groups excluding carboxylic acids is 1. The Morgan fingerprint density at radius 1 is 1.25 bits per heavy atom. The summed E-state index contributed by atoms with van der Waals surface area (Å²) in [6.07, 6.45) is 1.94. The standard InChI is InChI=1S/C21H25N5O2/c1-15-11-16(13-22)12-20(24-15)28-19-4-2-3-18-17(19)5-8-26(18)14-21(27)25-9-6-23-7-10-25/h2-5,8,11-12,23H,6-7,9-10,13-14,22H2,1H3. The van der Waals surface area contributed by atoms with Crippen molar-refractivity contribution >= 4 is 16.8 Å². The zero-order valence-electron chi connectivity index (χ0n) is 16.0. The van der Waals surface area contributed by atoms with Crippen LogP contribution < -0.4 is 15.8 Å². The lowest BCUT2D eigenvalue weighted by Gasteiger charge is -2.27. The van der Waals surface area contributed by atoms with E-state index < -0.39 is 0 Å². The van der Waals surface area contributed by atoms with Crippen molar-refractivity contribution in [1.29, 1.82) is 0 Å². The molecule has 3 heterocycles. The lowest BCUT2D eigenvalue weighted by Crippen LogP contribution is -2.47. The van der Waals surface area contributed by atoms with E-state index in [1.54, 1.807) is 0 Å². The van der Waals surface area contributed by atoms with Gasteiger partial charge in [-0.25, -0.2) is 4.98 Å². The van der Waals surface area contributed by atoms with Gasteiger partial charge in [-0.2, -0.15) is 0 Å². The molecule has 1 aliphatic rings. The summed E-state index contributed by atoms with van der Waals surface area (Å²) in [5.74, 6) is 1.38. The number of nitrogens with zero attached hydrogens (tertiary/aromatic N) is 3. The Bertz CT molecular complexity index is 992. The van der Waals surface area contributed by atoms with Gasteiger partial charge in [-0.1, -0.05) is 6.07 Å². The molecule has 1 aliphatic heterocycles. The van der Waals surface area contributed by atoms with E-state index >= 15 is 0 Å². The summed E-state index contributed by atoms with van der Waals surface area (Å²) in [5.41, 5.74) is 8.57. The first-order valence-electron chi connectivity index (χ1n) is 9.56. The SMILES string of the molecule is Cc1cc(CN)cc(Oc2cccc3c2ccn3CC(=O)N2CCNCC2)n1. The van der Waals surface area contributed by atoms with Crippen LogP contribution >= 0.6 is 0 Å². The van der Waals surface area contributed by atoms with Gasteiger partial charge in [0.2, 0.25) is 11.8 Å². The molecule has 3 N–H and O–H groups in total. The summed E-state index contributed by atoms with van der Waals surface area (Å²) in [4.78, 5) is 19.0. The van der Waals surface area contributed by atoms with Gasteiger partial charge in [-0.15, -0.1) is 0 Å². The Labute approximate surface area is 164 Å². The number of ether oxygens (including phenoxy) is 1. The van der Waals surface area contributed by atoms with Crippen molar-refractivity contribution < 1.29 is 9.53 Å². The fourth-order valence-corrected chi connectivity index (χ4v) is 3.57. The third kappa shape index (κ3) is 3.85. The Hall–Kier alpha value is -2.90. The fraction of sp³-hybridized carbons (Fsp3) is 0.333. The Morgan fingerprint density at radius 2 is 2.07 bits per heavy atom. The minimum atomic E-state index is 0.137. The van der Waals surface area contributed by atoms with Gasteiger partial charge in [-0.3, -0.25) is 4.79 Å². The predicted molar refractivity (Wildman–Crippen MR) is 108 cm³/mol. The smallest absolute Gasteiger partial charge is 0.242 e. The predicted octanol–water partition coefficient (Wildman–Crippen LogP) is 2.03. The maximum atomic E-state index is 12.6. The van der Waals surface area contributed by atoms with E-state index in [2.05, 4.69) is 10.3 Å². The van der Waals surface area contributed by atoms with Gasteiger partial charge in [0.1, 0.15) is 12.3 Å². The maximum absolute atomic E-state index is 12.6. The number of nitrogens with one attached hydrogen (secondary N) is 1. The number of carbonyl (C=O) groups is 1. The number of pyridine rings is 1. The van der Waals surface area contributed by atoms with E-state index in [0.29, 0.717) is 24.7 Å². The quantitative estimate of drug-likeness (QED) is 0.708. The number of hydrogen-bond donors (Lipinski definition) is 2. The van der Waals surface area contributed by atoms with E-state index in [9.17, 15) is 4.79 Å². The third-order valence-corrected chi connectivity index (χ3v) is 4.99. The van der Waals surface area contributed by atoms with Crippen LogP contribution in [0.1, 0.15) is 11.3 Å². The van der Waals surface area contributed by atoms with Crippen LogP contribution in [0.2, 0.25) is 0 Å². The highest BCUT2D eigenvalue weighted by Crippen LogP contribution is 2.30. The Balaban J connectivity index is 1.58. The van der Waals surface area contributed by atoms with Crippen LogP contribution in [0.5, 0.6) is 11.6 Å². The highest BCUT2D eigenvalue weighted by molar-refractivity contribution is 5.88. The van der Waals surface area contributed by atoms with Crippen molar-refractivity contribution in [2.75, 3.05) is 26.2 Å². The summed E-state index contributed by atoms with van der Waals surface area (Å²) in [5, 5.41) is 4.22. The number of aryl methyl sites for hydroxylation is 1. The minimum Gasteiger partial charge on any atom is -0.438 e. The van der Waals surface area contributed by atoms with Gasteiger partial charge in [0, 0.05) is 56.1 Å². The summed E-state index contributed by atoms with van der Waals surface area (Å²) >= 11 is 0. The van der Waals surface area contributed by atoms with Crippen LogP contribution in [-0.2, 0) is 17.9 Å². The molecular formula is C21H25N5O2. The molecule has 146 valence electrons. The number of benzene rings is 1. The number of nitrogens with two attached hydrogens (primary N) is 1. The molecule has 1 amide bonds. The normalized spacial score (nSPS) is 14.4. The largest absolute Gasteiger partial charge is 0.438 e. The number of piperazine rings is 1. The molecule has 3 aromatic rings. The van der Waals surface area contributed by atoms with Crippen molar-refractivity contribution in [2.45, 2.75) is 20.0 Å². The molecule has 4 rings (SSSR count). The Kier molecular flexibility index (Phi) is 5.27. The number of rotatable bonds is 5. The van der Waals surface area contributed by atoms with E-state index in [4.69, 9.17) is 10.5 Å². The molecule has 0 bridgehead atoms. The van der Waals surface area contributed by atoms with Gasteiger partial charge in [0.05, 0.1) is 5.52 Å². The van der Waals surface area contributed by atoms with Crippen LogP contribution in [-0.4, -0.2) is 46.5 Å². The summed E-state index contributed by atoms with van der Waals surface area (Å²) in [6, 6.07) is 11.6. The molecule has 1 fully saturated rings. The van der Waals surface area contributed by atoms with Crippen LogP contribution in [0.4, 0.5) is 0 Å². The fourth-order valence-electron chi connectivity index (χ4n) is 3.57. The maximum Gasteiger partial charge on any atom is 0.242 e. The second kappa shape index (κ2) is 8.00. The molecule has 1 saturated heterocycles. The van der Waals surface area contributed by atoms with Crippen LogP contribution in [0, 0.1) is 6.92 Å². The zero-order chi connectivity index (χ0) is 19.5. The molecule has 1 aromatic carbocycles. The molecular weight excluding hydrogens is 354 g/mol. The molecule has 0 unspecified atom stereocenters. The van der Waals surface area contributed by atoms with Crippen molar-refractivity contribution in [3.8, 4) is 11.6 Å². The lowest BCUT2D eigenvalue weighted by atomic mass is 10.2. The van der Waals surface area contributed by atoms with E-state index in [0.717, 1.165) is 48.3 Å². The number of aromatic nitrogens is 2. The molecule has 2 aromatic heterocycles. The molecule has 0 spiro atoms. The van der Waals surface area contributed by atoms with Gasteiger partial charge < -0.3 is 25.3 Å². The van der Waals surface area contributed by atoms with Crippen LogP contribution in [0.25, 0.3) is 10.9 Å².